The predicted molar refractivity (Wildman–Crippen MR) is 84.2 cm³/mol. The molecule has 0 unspecified atom stereocenters. The first-order chi connectivity index (χ1) is 11.5. The second-order valence-electron chi connectivity index (χ2n) is 5.14. The number of benzene rings is 1. The van der Waals surface area contributed by atoms with Crippen molar-refractivity contribution in [3.63, 3.8) is 0 Å². The van der Waals surface area contributed by atoms with Crippen LogP contribution in [0.4, 0.5) is 4.79 Å². The number of carbonyl (C=O) groups is 4. The summed E-state index contributed by atoms with van der Waals surface area (Å²) in [6, 6.07) is 6.67. The second kappa shape index (κ2) is 7.58. The Morgan fingerprint density at radius 3 is 2.42 bits per heavy atom. The van der Waals surface area contributed by atoms with Crippen LogP contribution in [0.5, 0.6) is 5.75 Å². The van der Waals surface area contributed by atoms with Gasteiger partial charge in [-0.15, -0.1) is 0 Å². The van der Waals surface area contributed by atoms with Crippen LogP contribution >= 0.6 is 0 Å². The fourth-order valence-electron chi connectivity index (χ4n) is 2.41. The molecular formula is C16H19N3O5. The normalized spacial score (nSPS) is 14.3. The van der Waals surface area contributed by atoms with E-state index in [1.165, 1.54) is 0 Å². The van der Waals surface area contributed by atoms with Crippen LogP contribution in [0.25, 0.3) is 0 Å². The molecule has 0 atom stereocenters. The third-order valence-corrected chi connectivity index (χ3v) is 3.66. The maximum atomic E-state index is 11.9. The van der Waals surface area contributed by atoms with Gasteiger partial charge in [0.2, 0.25) is 5.91 Å². The van der Waals surface area contributed by atoms with Crippen molar-refractivity contribution < 1.29 is 23.9 Å². The molecule has 24 heavy (non-hydrogen) atoms. The maximum Gasteiger partial charge on any atom is 0.334 e. The lowest BCUT2D eigenvalue weighted by Gasteiger charge is -2.14. The Labute approximate surface area is 139 Å². The van der Waals surface area contributed by atoms with Gasteiger partial charge >= 0.3 is 17.8 Å². The van der Waals surface area contributed by atoms with E-state index in [1.807, 2.05) is 24.3 Å². The Bertz CT molecular complexity index is 673. The van der Waals surface area contributed by atoms with Crippen LogP contribution in [0, 0.1) is 0 Å². The molecule has 1 aliphatic heterocycles. The fourth-order valence-corrected chi connectivity index (χ4v) is 2.41. The van der Waals surface area contributed by atoms with Crippen LogP contribution in [0.1, 0.15) is 12.5 Å². The molecular weight excluding hydrogens is 314 g/mol. The smallest absolute Gasteiger partial charge is 0.334 e. The molecule has 0 aliphatic carbocycles. The number of rotatable bonds is 7. The van der Waals surface area contributed by atoms with Crippen molar-refractivity contribution >= 4 is 23.8 Å². The predicted octanol–water partition coefficient (Wildman–Crippen LogP) is 0.165. The van der Waals surface area contributed by atoms with Gasteiger partial charge in [-0.1, -0.05) is 18.2 Å². The number of hydrogen-bond acceptors (Lipinski definition) is 5. The van der Waals surface area contributed by atoms with Gasteiger partial charge in [-0.3, -0.25) is 19.3 Å². The van der Waals surface area contributed by atoms with Crippen LogP contribution in [0.3, 0.4) is 0 Å². The standard InChI is InChI=1S/C16H19N3O5/c1-3-18-14(21)15(22)19(16(18)23)10-13(20)17-9-8-11-6-4-5-7-12(11)24-2/h4-7H,3,8-10H2,1-2H3,(H,17,20). The quantitative estimate of drug-likeness (QED) is 0.567. The molecule has 1 saturated heterocycles. The first-order valence-corrected chi connectivity index (χ1v) is 7.55. The van der Waals surface area contributed by atoms with E-state index in [9.17, 15) is 19.2 Å². The third kappa shape index (κ3) is 3.53. The number of para-hydroxylation sites is 1. The molecule has 8 heteroatoms. The molecule has 1 fully saturated rings. The molecule has 0 aromatic heterocycles. The molecule has 1 aliphatic rings. The van der Waals surface area contributed by atoms with E-state index in [4.69, 9.17) is 4.74 Å². The number of nitrogens with one attached hydrogen (secondary N) is 1. The zero-order valence-electron chi connectivity index (χ0n) is 13.6. The van der Waals surface area contributed by atoms with Gasteiger partial charge in [-0.25, -0.2) is 9.69 Å². The fraction of sp³-hybridized carbons (Fsp3) is 0.375. The molecule has 2 rings (SSSR count). The van der Waals surface area contributed by atoms with Gasteiger partial charge < -0.3 is 10.1 Å². The van der Waals surface area contributed by atoms with Gasteiger partial charge in [-0.2, -0.15) is 0 Å². The number of nitrogens with zero attached hydrogens (tertiary/aromatic N) is 2. The van der Waals surface area contributed by atoms with E-state index >= 15 is 0 Å². The van der Waals surface area contributed by atoms with Crippen molar-refractivity contribution in [1.82, 2.24) is 15.1 Å². The lowest BCUT2D eigenvalue weighted by atomic mass is 10.1. The number of amides is 5. The SMILES string of the molecule is CCN1C(=O)C(=O)N(CC(=O)NCCc2ccccc2OC)C1=O. The largest absolute Gasteiger partial charge is 0.496 e. The number of likely N-dealkylation sites (N-methyl/N-ethyl adjacent to an activating group) is 1. The van der Waals surface area contributed by atoms with E-state index in [2.05, 4.69) is 5.32 Å². The summed E-state index contributed by atoms with van der Waals surface area (Å²) >= 11 is 0. The summed E-state index contributed by atoms with van der Waals surface area (Å²) in [5.74, 6) is -1.65. The summed E-state index contributed by atoms with van der Waals surface area (Å²) in [5, 5.41) is 2.63. The van der Waals surface area contributed by atoms with Crippen LogP contribution in [0.2, 0.25) is 0 Å². The minimum atomic E-state index is -0.971. The van der Waals surface area contributed by atoms with Crippen molar-refractivity contribution in [1.29, 1.82) is 0 Å². The Hall–Kier alpha value is -2.90. The molecule has 5 amide bonds. The third-order valence-electron chi connectivity index (χ3n) is 3.66. The first-order valence-electron chi connectivity index (χ1n) is 7.55. The molecule has 0 saturated carbocycles. The molecule has 0 spiro atoms. The lowest BCUT2D eigenvalue weighted by Crippen LogP contribution is -2.41. The molecule has 0 radical (unpaired) electrons. The number of imide groups is 2. The number of methoxy groups -OCH3 is 1. The van der Waals surface area contributed by atoms with Gasteiger partial charge in [0, 0.05) is 13.1 Å². The molecule has 128 valence electrons. The summed E-state index contributed by atoms with van der Waals surface area (Å²) in [5.41, 5.74) is 0.931. The van der Waals surface area contributed by atoms with Gasteiger partial charge in [0.25, 0.3) is 0 Å². The zero-order valence-corrected chi connectivity index (χ0v) is 13.6. The first kappa shape index (κ1) is 17.5. The van der Waals surface area contributed by atoms with Crippen LogP contribution < -0.4 is 10.1 Å². The van der Waals surface area contributed by atoms with Gasteiger partial charge in [0.15, 0.2) is 0 Å². The van der Waals surface area contributed by atoms with Gasteiger partial charge in [0.05, 0.1) is 7.11 Å². The van der Waals surface area contributed by atoms with Crippen molar-refractivity contribution in [3.8, 4) is 5.75 Å². The summed E-state index contributed by atoms with van der Waals surface area (Å²) < 4.78 is 5.22. The van der Waals surface area contributed by atoms with Crippen LogP contribution in [-0.4, -0.2) is 60.3 Å². The number of hydrogen-bond donors (Lipinski definition) is 1. The molecule has 1 aromatic rings. The number of ether oxygens (including phenoxy) is 1. The van der Waals surface area contributed by atoms with Crippen molar-refractivity contribution in [2.75, 3.05) is 26.7 Å². The van der Waals surface area contributed by atoms with Gasteiger partial charge in [-0.05, 0) is 25.0 Å². The maximum absolute atomic E-state index is 11.9. The Balaban J connectivity index is 1.87. The summed E-state index contributed by atoms with van der Waals surface area (Å²) in [7, 11) is 1.57. The molecule has 1 heterocycles. The highest BCUT2D eigenvalue weighted by molar-refractivity contribution is 6.45. The summed E-state index contributed by atoms with van der Waals surface area (Å²) in [6.45, 7) is 1.53. The second-order valence-corrected chi connectivity index (χ2v) is 5.14. The van der Waals surface area contributed by atoms with E-state index in [0.717, 1.165) is 16.2 Å². The van der Waals surface area contributed by atoms with Crippen molar-refractivity contribution in [3.05, 3.63) is 29.8 Å². The zero-order chi connectivity index (χ0) is 17.7. The number of urea groups is 1. The monoisotopic (exact) mass is 333 g/mol. The molecule has 8 nitrogen and oxygen atoms in total. The topological polar surface area (TPSA) is 96.0 Å². The van der Waals surface area contributed by atoms with E-state index in [1.54, 1.807) is 14.0 Å². The molecule has 1 N–H and O–H groups in total. The minimum absolute atomic E-state index is 0.0926. The Morgan fingerprint density at radius 2 is 1.79 bits per heavy atom. The lowest BCUT2D eigenvalue weighted by molar-refractivity contribution is -0.143. The molecule has 0 bridgehead atoms. The van der Waals surface area contributed by atoms with E-state index in [-0.39, 0.29) is 6.54 Å². The van der Waals surface area contributed by atoms with Gasteiger partial charge in [0.1, 0.15) is 12.3 Å². The minimum Gasteiger partial charge on any atom is -0.496 e. The average molecular weight is 333 g/mol. The Morgan fingerprint density at radius 1 is 1.12 bits per heavy atom. The van der Waals surface area contributed by atoms with Crippen LogP contribution in [-0.2, 0) is 20.8 Å². The number of carbonyl (C=O) groups excluding carboxylic acids is 4. The average Bonchev–Trinajstić information content (AvgIpc) is 2.78. The highest BCUT2D eigenvalue weighted by Gasteiger charge is 2.44. The Kier molecular flexibility index (Phi) is 5.51. The highest BCUT2D eigenvalue weighted by Crippen LogP contribution is 2.17. The van der Waals surface area contributed by atoms with Crippen molar-refractivity contribution in [2.24, 2.45) is 0 Å². The van der Waals surface area contributed by atoms with Crippen molar-refractivity contribution in [2.45, 2.75) is 13.3 Å². The summed E-state index contributed by atoms with van der Waals surface area (Å²) in [4.78, 5) is 48.6. The van der Waals surface area contributed by atoms with Crippen LogP contribution in [0.15, 0.2) is 24.3 Å². The highest BCUT2D eigenvalue weighted by atomic mass is 16.5. The molecule has 1 aromatic carbocycles. The van der Waals surface area contributed by atoms with E-state index < -0.39 is 30.3 Å². The van der Waals surface area contributed by atoms with E-state index in [0.29, 0.717) is 17.9 Å². The summed E-state index contributed by atoms with van der Waals surface area (Å²) in [6.07, 6.45) is 0.539.